The van der Waals surface area contributed by atoms with Gasteiger partial charge in [-0.15, -0.1) is 0 Å². The van der Waals surface area contributed by atoms with E-state index in [0.717, 1.165) is 8.58 Å². The van der Waals surface area contributed by atoms with E-state index in [9.17, 15) is 0 Å². The third-order valence-electron chi connectivity index (χ3n) is 4.18. The van der Waals surface area contributed by atoms with Gasteiger partial charge in [-0.3, -0.25) is 0 Å². The van der Waals surface area contributed by atoms with Crippen molar-refractivity contribution in [3.05, 3.63) is 108 Å². The summed E-state index contributed by atoms with van der Waals surface area (Å²) in [5.41, 5.74) is 4.11. The molecule has 0 saturated carbocycles. The van der Waals surface area contributed by atoms with Gasteiger partial charge < -0.3 is 0 Å². The monoisotopic (exact) mass is 332 g/mol. The van der Waals surface area contributed by atoms with Gasteiger partial charge in [0.05, 0.1) is 5.16 Å². The molecule has 0 aliphatic carbocycles. The molecule has 1 atom stereocenters. The fourth-order valence-corrected chi connectivity index (χ4v) is 5.40. The molecule has 1 unspecified atom stereocenters. The lowest BCUT2D eigenvalue weighted by Crippen LogP contribution is -2.28. The molecular formula is C23H25P. The molecular weight excluding hydrogens is 307 g/mol. The van der Waals surface area contributed by atoms with Crippen LogP contribution in [-0.4, -0.2) is 5.16 Å². The number of hydrogen-bond donors (Lipinski definition) is 0. The average molecular weight is 332 g/mol. The van der Waals surface area contributed by atoms with Crippen molar-refractivity contribution in [2.24, 2.45) is 0 Å². The first-order chi connectivity index (χ1) is 11.5. The normalized spacial score (nSPS) is 12.6. The summed E-state index contributed by atoms with van der Waals surface area (Å²) in [6, 6.07) is 32.9. The SMILES string of the molecule is CC(C)(C)PC(c1ccccc1)(c1ccccc1)c1ccccc1. The Morgan fingerprint density at radius 3 is 1.04 bits per heavy atom. The Labute approximate surface area is 147 Å². The largest absolute Gasteiger partial charge is 0.0959 e. The van der Waals surface area contributed by atoms with Crippen LogP contribution in [0.2, 0.25) is 0 Å². The molecule has 0 aliphatic rings. The molecule has 0 bridgehead atoms. The second kappa shape index (κ2) is 6.91. The average Bonchev–Trinajstić information content (AvgIpc) is 2.61. The predicted octanol–water partition coefficient (Wildman–Crippen LogP) is 6.46. The van der Waals surface area contributed by atoms with Crippen molar-refractivity contribution < 1.29 is 0 Å². The van der Waals surface area contributed by atoms with E-state index in [2.05, 4.69) is 112 Å². The van der Waals surface area contributed by atoms with E-state index in [1.165, 1.54) is 16.7 Å². The molecule has 0 amide bonds. The summed E-state index contributed by atoms with van der Waals surface area (Å²) in [7, 11) is 0.735. The standard InChI is InChI=1S/C23H25P/c1-22(2,3)24-23(19-13-7-4-8-14-19,20-15-9-5-10-16-20)21-17-11-6-12-18-21/h4-18,24H,1-3H3. The third kappa shape index (κ3) is 3.45. The van der Waals surface area contributed by atoms with Crippen molar-refractivity contribution in [3.63, 3.8) is 0 Å². The highest BCUT2D eigenvalue weighted by Gasteiger charge is 2.39. The van der Waals surface area contributed by atoms with Gasteiger partial charge in [-0.25, -0.2) is 0 Å². The zero-order chi connectivity index (χ0) is 17.0. The maximum absolute atomic E-state index is 2.34. The van der Waals surface area contributed by atoms with E-state index in [1.54, 1.807) is 0 Å². The summed E-state index contributed by atoms with van der Waals surface area (Å²) in [5.74, 6) is 0. The van der Waals surface area contributed by atoms with E-state index in [1.807, 2.05) is 0 Å². The van der Waals surface area contributed by atoms with Crippen LogP contribution in [0.25, 0.3) is 0 Å². The lowest BCUT2D eigenvalue weighted by Gasteiger charge is -2.41. The number of rotatable bonds is 4. The lowest BCUT2D eigenvalue weighted by atomic mass is 9.84. The molecule has 0 heterocycles. The molecule has 3 rings (SSSR count). The molecule has 0 spiro atoms. The second-order valence-corrected chi connectivity index (χ2v) is 9.72. The molecule has 0 N–H and O–H groups in total. The van der Waals surface area contributed by atoms with Crippen LogP contribution in [-0.2, 0) is 5.16 Å². The molecule has 3 aromatic rings. The summed E-state index contributed by atoms with van der Waals surface area (Å²) in [6.07, 6.45) is 0. The van der Waals surface area contributed by atoms with Gasteiger partial charge in [0.1, 0.15) is 0 Å². The quantitative estimate of drug-likeness (QED) is 0.380. The van der Waals surface area contributed by atoms with E-state index in [4.69, 9.17) is 0 Å². The topological polar surface area (TPSA) is 0 Å². The van der Waals surface area contributed by atoms with Crippen LogP contribution in [0.3, 0.4) is 0 Å². The van der Waals surface area contributed by atoms with Crippen LogP contribution >= 0.6 is 8.58 Å². The van der Waals surface area contributed by atoms with Crippen LogP contribution < -0.4 is 0 Å². The molecule has 24 heavy (non-hydrogen) atoms. The second-order valence-electron chi connectivity index (χ2n) is 7.22. The number of benzene rings is 3. The van der Waals surface area contributed by atoms with Gasteiger partial charge in [0.15, 0.2) is 0 Å². The fraction of sp³-hybridized carbons (Fsp3) is 0.217. The van der Waals surface area contributed by atoms with Crippen LogP contribution in [0.15, 0.2) is 91.0 Å². The summed E-state index contributed by atoms with van der Waals surface area (Å²) in [4.78, 5) is 0. The van der Waals surface area contributed by atoms with Crippen molar-refractivity contribution in [2.45, 2.75) is 31.1 Å². The first-order valence-corrected chi connectivity index (χ1v) is 9.48. The smallest absolute Gasteiger partial charge is 0.0624 e. The summed E-state index contributed by atoms with van der Waals surface area (Å²) in [5, 5.41) is 0.115. The minimum absolute atomic E-state index is 0.109. The first-order valence-electron chi connectivity index (χ1n) is 8.48. The zero-order valence-corrected chi connectivity index (χ0v) is 15.7. The van der Waals surface area contributed by atoms with Gasteiger partial charge in [-0.2, -0.15) is 0 Å². The molecule has 0 radical (unpaired) electrons. The van der Waals surface area contributed by atoms with E-state index in [-0.39, 0.29) is 10.3 Å². The predicted molar refractivity (Wildman–Crippen MR) is 107 cm³/mol. The highest BCUT2D eigenvalue weighted by molar-refractivity contribution is 7.42. The zero-order valence-electron chi connectivity index (χ0n) is 14.7. The fourth-order valence-electron chi connectivity index (χ4n) is 3.34. The summed E-state index contributed by atoms with van der Waals surface area (Å²) in [6.45, 7) is 7.03. The molecule has 0 aliphatic heterocycles. The molecule has 122 valence electrons. The van der Waals surface area contributed by atoms with Crippen LogP contribution in [0.1, 0.15) is 37.5 Å². The number of hydrogen-bond acceptors (Lipinski definition) is 0. The van der Waals surface area contributed by atoms with Gasteiger partial charge in [0, 0.05) is 0 Å². The van der Waals surface area contributed by atoms with Gasteiger partial charge in [0.25, 0.3) is 0 Å². The van der Waals surface area contributed by atoms with E-state index >= 15 is 0 Å². The maximum atomic E-state index is 2.34. The lowest BCUT2D eigenvalue weighted by molar-refractivity contribution is 0.757. The summed E-state index contributed by atoms with van der Waals surface area (Å²) < 4.78 is 0. The van der Waals surface area contributed by atoms with Gasteiger partial charge in [-0.1, -0.05) is 120 Å². The molecule has 3 aromatic carbocycles. The van der Waals surface area contributed by atoms with Crippen LogP contribution in [0, 0.1) is 0 Å². The first kappa shape index (κ1) is 16.9. The Hall–Kier alpha value is -1.91. The Bertz CT molecular complexity index is 659. The minimum Gasteiger partial charge on any atom is -0.0959 e. The van der Waals surface area contributed by atoms with Gasteiger partial charge >= 0.3 is 0 Å². The summed E-state index contributed by atoms with van der Waals surface area (Å²) >= 11 is 0. The molecule has 1 heteroatoms. The third-order valence-corrected chi connectivity index (χ3v) is 6.17. The van der Waals surface area contributed by atoms with Gasteiger partial charge in [0.2, 0.25) is 0 Å². The van der Waals surface area contributed by atoms with Crippen molar-refractivity contribution in [1.29, 1.82) is 0 Å². The Morgan fingerprint density at radius 1 is 0.500 bits per heavy atom. The van der Waals surface area contributed by atoms with Gasteiger partial charge in [-0.05, 0) is 21.8 Å². The van der Waals surface area contributed by atoms with Crippen molar-refractivity contribution in [2.75, 3.05) is 0 Å². The van der Waals surface area contributed by atoms with E-state index in [0.29, 0.717) is 0 Å². The van der Waals surface area contributed by atoms with Crippen molar-refractivity contribution in [1.82, 2.24) is 0 Å². The Morgan fingerprint density at radius 2 is 0.792 bits per heavy atom. The maximum Gasteiger partial charge on any atom is 0.0624 e. The highest BCUT2D eigenvalue weighted by atomic mass is 31.1. The molecule has 0 saturated heterocycles. The van der Waals surface area contributed by atoms with E-state index < -0.39 is 0 Å². The molecule has 0 aromatic heterocycles. The van der Waals surface area contributed by atoms with Crippen LogP contribution in [0.4, 0.5) is 0 Å². The minimum atomic E-state index is -0.109. The van der Waals surface area contributed by atoms with Crippen molar-refractivity contribution in [3.8, 4) is 0 Å². The Balaban J connectivity index is 2.33. The molecule has 0 fully saturated rings. The van der Waals surface area contributed by atoms with Crippen molar-refractivity contribution >= 4 is 8.58 Å². The molecule has 0 nitrogen and oxygen atoms in total. The highest BCUT2D eigenvalue weighted by Crippen LogP contribution is 2.57. The van der Waals surface area contributed by atoms with Crippen LogP contribution in [0.5, 0.6) is 0 Å². The Kier molecular flexibility index (Phi) is 4.88.